The van der Waals surface area contributed by atoms with E-state index in [1.54, 1.807) is 0 Å². The minimum Gasteiger partial charge on any atom is -0.490 e. The van der Waals surface area contributed by atoms with Crippen LogP contribution >= 0.6 is 12.2 Å². The second-order valence-corrected chi connectivity index (χ2v) is 6.31. The summed E-state index contributed by atoms with van der Waals surface area (Å²) < 4.78 is 16.7. The zero-order valence-electron chi connectivity index (χ0n) is 13.9. The molecule has 0 atom stereocenters. The van der Waals surface area contributed by atoms with Crippen molar-refractivity contribution in [1.29, 1.82) is 0 Å². The number of rotatable bonds is 5. The standard InChI is InChI=1S/C17H25N3O3S/c24-17(18-5-1-6-20-7-11-21-12-8-20)19-14-3-4-15-16(13-14)23-10-2-9-22-15/h3-4,13H,1-2,5-12H2,(H2,18,19,24). The van der Waals surface area contributed by atoms with Crippen LogP contribution in [0, 0.1) is 0 Å². The van der Waals surface area contributed by atoms with Crippen molar-refractivity contribution in [2.75, 3.05) is 57.9 Å². The van der Waals surface area contributed by atoms with Gasteiger partial charge in [0.15, 0.2) is 16.6 Å². The largest absolute Gasteiger partial charge is 0.490 e. The number of ether oxygens (including phenoxy) is 3. The van der Waals surface area contributed by atoms with Gasteiger partial charge in [-0.2, -0.15) is 0 Å². The molecule has 1 saturated heterocycles. The molecule has 2 N–H and O–H groups in total. The van der Waals surface area contributed by atoms with Gasteiger partial charge < -0.3 is 24.8 Å². The number of benzene rings is 1. The number of nitrogens with one attached hydrogen (secondary N) is 2. The molecule has 7 heteroatoms. The van der Waals surface area contributed by atoms with Crippen LogP contribution in [0.3, 0.4) is 0 Å². The highest BCUT2D eigenvalue weighted by atomic mass is 32.1. The number of fused-ring (bicyclic) bond motifs is 1. The molecule has 0 aromatic heterocycles. The molecule has 0 radical (unpaired) electrons. The van der Waals surface area contributed by atoms with Crippen LogP contribution in [-0.2, 0) is 4.74 Å². The number of anilines is 1. The maximum atomic E-state index is 5.69. The summed E-state index contributed by atoms with van der Waals surface area (Å²) in [7, 11) is 0. The highest BCUT2D eigenvalue weighted by Crippen LogP contribution is 2.32. The smallest absolute Gasteiger partial charge is 0.170 e. The van der Waals surface area contributed by atoms with Crippen LogP contribution in [0.5, 0.6) is 11.5 Å². The van der Waals surface area contributed by atoms with E-state index in [-0.39, 0.29) is 0 Å². The third-order valence-corrected chi connectivity index (χ3v) is 4.29. The number of nitrogens with zero attached hydrogens (tertiary/aromatic N) is 1. The van der Waals surface area contributed by atoms with Gasteiger partial charge in [-0.05, 0) is 37.3 Å². The Labute approximate surface area is 148 Å². The zero-order chi connectivity index (χ0) is 16.6. The molecule has 1 fully saturated rings. The van der Waals surface area contributed by atoms with E-state index in [0.717, 1.165) is 69.4 Å². The summed E-state index contributed by atoms with van der Waals surface area (Å²) in [6, 6.07) is 5.81. The summed E-state index contributed by atoms with van der Waals surface area (Å²) in [5.41, 5.74) is 0.907. The normalized spacial score (nSPS) is 17.8. The Morgan fingerprint density at radius 1 is 1.08 bits per heavy atom. The van der Waals surface area contributed by atoms with Gasteiger partial charge in [-0.15, -0.1) is 0 Å². The van der Waals surface area contributed by atoms with E-state index in [9.17, 15) is 0 Å². The van der Waals surface area contributed by atoms with Crippen LogP contribution in [0.25, 0.3) is 0 Å². The summed E-state index contributed by atoms with van der Waals surface area (Å²) in [5, 5.41) is 7.09. The zero-order valence-corrected chi connectivity index (χ0v) is 14.7. The lowest BCUT2D eigenvalue weighted by Crippen LogP contribution is -2.38. The predicted octanol–water partition coefficient (Wildman–Crippen LogP) is 1.86. The fourth-order valence-corrected chi connectivity index (χ4v) is 2.97. The van der Waals surface area contributed by atoms with Gasteiger partial charge in [0.2, 0.25) is 0 Å². The average Bonchev–Trinajstić information content (AvgIpc) is 2.84. The van der Waals surface area contributed by atoms with Gasteiger partial charge in [0.05, 0.1) is 26.4 Å². The Kier molecular flexibility index (Phi) is 6.51. The molecular weight excluding hydrogens is 326 g/mol. The van der Waals surface area contributed by atoms with Crippen molar-refractivity contribution in [2.45, 2.75) is 12.8 Å². The van der Waals surface area contributed by atoms with E-state index in [1.165, 1.54) is 0 Å². The molecule has 2 aliphatic heterocycles. The topological polar surface area (TPSA) is 55.0 Å². The van der Waals surface area contributed by atoms with Crippen molar-refractivity contribution in [2.24, 2.45) is 0 Å². The second-order valence-electron chi connectivity index (χ2n) is 5.90. The quantitative estimate of drug-likeness (QED) is 0.620. The highest BCUT2D eigenvalue weighted by Gasteiger charge is 2.11. The predicted molar refractivity (Wildman–Crippen MR) is 98.1 cm³/mol. The van der Waals surface area contributed by atoms with E-state index in [1.807, 2.05) is 18.2 Å². The van der Waals surface area contributed by atoms with Gasteiger partial charge in [0.25, 0.3) is 0 Å². The van der Waals surface area contributed by atoms with Gasteiger partial charge >= 0.3 is 0 Å². The molecule has 132 valence electrons. The minimum atomic E-state index is 0.631. The molecule has 1 aromatic carbocycles. The molecule has 24 heavy (non-hydrogen) atoms. The molecule has 1 aromatic rings. The summed E-state index contributed by atoms with van der Waals surface area (Å²) in [5.74, 6) is 1.56. The Morgan fingerprint density at radius 2 is 1.88 bits per heavy atom. The molecular formula is C17H25N3O3S. The fraction of sp³-hybridized carbons (Fsp3) is 0.588. The average molecular weight is 351 g/mol. The lowest BCUT2D eigenvalue weighted by molar-refractivity contribution is 0.0376. The Bertz CT molecular complexity index is 550. The van der Waals surface area contributed by atoms with Gasteiger partial charge in [0.1, 0.15) is 0 Å². The van der Waals surface area contributed by atoms with Crippen molar-refractivity contribution in [3.8, 4) is 11.5 Å². The molecule has 6 nitrogen and oxygen atoms in total. The minimum absolute atomic E-state index is 0.631. The lowest BCUT2D eigenvalue weighted by atomic mass is 10.3. The summed E-state index contributed by atoms with van der Waals surface area (Å²) in [4.78, 5) is 2.42. The first kappa shape index (κ1) is 17.3. The fourth-order valence-electron chi connectivity index (χ4n) is 2.75. The number of hydrogen-bond donors (Lipinski definition) is 2. The summed E-state index contributed by atoms with van der Waals surface area (Å²) in [6.45, 7) is 7.05. The van der Waals surface area contributed by atoms with E-state index in [0.29, 0.717) is 18.3 Å². The molecule has 0 saturated carbocycles. The highest BCUT2D eigenvalue weighted by molar-refractivity contribution is 7.80. The molecule has 0 aliphatic carbocycles. The van der Waals surface area contributed by atoms with Gasteiger partial charge in [-0.25, -0.2) is 0 Å². The summed E-state index contributed by atoms with van der Waals surface area (Å²) >= 11 is 5.36. The lowest BCUT2D eigenvalue weighted by Gasteiger charge is -2.26. The monoisotopic (exact) mass is 351 g/mol. The van der Waals surface area contributed by atoms with Gasteiger partial charge in [-0.1, -0.05) is 0 Å². The maximum absolute atomic E-state index is 5.69. The van der Waals surface area contributed by atoms with Crippen molar-refractivity contribution in [1.82, 2.24) is 10.2 Å². The number of morpholine rings is 1. The van der Waals surface area contributed by atoms with Crippen LogP contribution in [0.15, 0.2) is 18.2 Å². The molecule has 0 unspecified atom stereocenters. The first-order valence-corrected chi connectivity index (χ1v) is 8.97. The van der Waals surface area contributed by atoms with E-state index < -0.39 is 0 Å². The molecule has 0 bridgehead atoms. The van der Waals surface area contributed by atoms with E-state index in [4.69, 9.17) is 26.4 Å². The maximum Gasteiger partial charge on any atom is 0.170 e. The van der Waals surface area contributed by atoms with Crippen molar-refractivity contribution >= 4 is 23.0 Å². The van der Waals surface area contributed by atoms with E-state index >= 15 is 0 Å². The van der Waals surface area contributed by atoms with E-state index in [2.05, 4.69) is 15.5 Å². The number of thiocarbonyl (C=S) groups is 1. The third-order valence-electron chi connectivity index (χ3n) is 4.05. The summed E-state index contributed by atoms with van der Waals surface area (Å²) in [6.07, 6.45) is 1.96. The first-order chi connectivity index (χ1) is 11.8. The van der Waals surface area contributed by atoms with Crippen LogP contribution in [-0.4, -0.2) is 62.6 Å². The Morgan fingerprint density at radius 3 is 2.71 bits per heavy atom. The van der Waals surface area contributed by atoms with Crippen LogP contribution in [0.1, 0.15) is 12.8 Å². The molecule has 2 aliphatic rings. The van der Waals surface area contributed by atoms with Crippen LogP contribution in [0.2, 0.25) is 0 Å². The molecule has 0 spiro atoms. The van der Waals surface area contributed by atoms with Gasteiger partial charge in [0, 0.05) is 37.8 Å². The SMILES string of the molecule is S=C(NCCCN1CCOCC1)Nc1ccc2c(c1)OCCCO2. The Balaban J connectivity index is 1.39. The second kappa shape index (κ2) is 9.05. The third kappa shape index (κ3) is 5.22. The van der Waals surface area contributed by atoms with Crippen molar-refractivity contribution < 1.29 is 14.2 Å². The van der Waals surface area contributed by atoms with Crippen molar-refractivity contribution in [3.63, 3.8) is 0 Å². The van der Waals surface area contributed by atoms with Gasteiger partial charge in [-0.3, -0.25) is 4.90 Å². The molecule has 2 heterocycles. The van der Waals surface area contributed by atoms with Crippen molar-refractivity contribution in [3.05, 3.63) is 18.2 Å². The Hall–Kier alpha value is -1.57. The van der Waals surface area contributed by atoms with Crippen LogP contribution < -0.4 is 20.1 Å². The molecule has 0 amide bonds. The molecule has 3 rings (SSSR count). The van der Waals surface area contributed by atoms with Crippen LogP contribution in [0.4, 0.5) is 5.69 Å². The first-order valence-electron chi connectivity index (χ1n) is 8.56. The number of hydrogen-bond acceptors (Lipinski definition) is 5.